The van der Waals surface area contributed by atoms with Crippen molar-refractivity contribution in [2.24, 2.45) is 5.92 Å². The van der Waals surface area contributed by atoms with E-state index in [1.165, 1.54) is 6.08 Å². The smallest absolute Gasteiger partial charge is 0.467 e. The molecule has 0 heterocycles. The minimum Gasteiger partial charge on any atom is -0.467 e. The van der Waals surface area contributed by atoms with Gasteiger partial charge in [0.15, 0.2) is 5.60 Å². The van der Waals surface area contributed by atoms with E-state index < -0.39 is 17.9 Å². The van der Waals surface area contributed by atoms with Crippen LogP contribution in [0.1, 0.15) is 19.3 Å². The molecule has 1 fully saturated rings. The van der Waals surface area contributed by atoms with Crippen LogP contribution in [0.3, 0.4) is 0 Å². The average Bonchev–Trinajstić information content (AvgIpc) is 3.10. The van der Waals surface area contributed by atoms with Crippen LogP contribution in [0, 0.1) is 5.92 Å². The number of esters is 1. The Hall–Kier alpha value is -1.30. The SMILES string of the molecule is COC(=O)C1(OC(F)(F)F)C=CC(C2CC2)=CC1. The zero-order valence-electron chi connectivity index (χ0n) is 9.79. The van der Waals surface area contributed by atoms with E-state index in [1.807, 2.05) is 0 Å². The molecule has 0 radical (unpaired) electrons. The summed E-state index contributed by atoms with van der Waals surface area (Å²) in [6.07, 6.45) is 1.36. The van der Waals surface area contributed by atoms with Gasteiger partial charge in [0.1, 0.15) is 0 Å². The number of hydrogen-bond acceptors (Lipinski definition) is 3. The Labute approximate surface area is 102 Å². The summed E-state index contributed by atoms with van der Waals surface area (Å²) < 4.78 is 45.5. The maximum atomic E-state index is 12.4. The van der Waals surface area contributed by atoms with Crippen molar-refractivity contribution in [3.05, 3.63) is 23.8 Å². The van der Waals surface area contributed by atoms with E-state index in [0.717, 1.165) is 31.6 Å². The minimum atomic E-state index is -4.89. The summed E-state index contributed by atoms with van der Waals surface area (Å²) in [6.45, 7) is 0. The molecule has 0 aromatic heterocycles. The largest absolute Gasteiger partial charge is 0.523 e. The van der Waals surface area contributed by atoms with E-state index >= 15 is 0 Å². The van der Waals surface area contributed by atoms with E-state index in [9.17, 15) is 18.0 Å². The molecule has 100 valence electrons. The summed E-state index contributed by atoms with van der Waals surface area (Å²) in [5.74, 6) is -0.620. The van der Waals surface area contributed by atoms with Crippen molar-refractivity contribution in [3.63, 3.8) is 0 Å². The van der Waals surface area contributed by atoms with Gasteiger partial charge in [-0.05, 0) is 30.4 Å². The summed E-state index contributed by atoms with van der Waals surface area (Å²) in [6, 6.07) is 0. The fourth-order valence-corrected chi connectivity index (χ4v) is 2.00. The Morgan fingerprint density at radius 2 is 2.11 bits per heavy atom. The quantitative estimate of drug-likeness (QED) is 0.734. The van der Waals surface area contributed by atoms with E-state index in [1.54, 1.807) is 6.08 Å². The lowest BCUT2D eigenvalue weighted by atomic mass is 9.90. The maximum absolute atomic E-state index is 12.4. The molecular weight excluding hydrogens is 249 g/mol. The molecule has 18 heavy (non-hydrogen) atoms. The molecule has 1 unspecified atom stereocenters. The first-order valence-corrected chi connectivity index (χ1v) is 5.61. The van der Waals surface area contributed by atoms with Crippen molar-refractivity contribution in [1.82, 2.24) is 0 Å². The maximum Gasteiger partial charge on any atom is 0.523 e. The number of ether oxygens (including phenoxy) is 2. The number of allylic oxidation sites excluding steroid dienone is 2. The molecule has 2 aliphatic rings. The molecule has 6 heteroatoms. The van der Waals surface area contributed by atoms with Crippen LogP contribution in [0.5, 0.6) is 0 Å². The number of halogens is 3. The normalized spacial score (nSPS) is 27.9. The average molecular weight is 262 g/mol. The standard InChI is InChI=1S/C12H13F3O3/c1-17-10(16)11(18-12(13,14)15)6-4-9(5-7-11)8-2-3-8/h4-6,8H,2-3,7H2,1H3. The number of carbonyl (C=O) groups excluding carboxylic acids is 1. The Morgan fingerprint density at radius 3 is 2.50 bits per heavy atom. The number of alkyl halides is 3. The molecule has 0 aromatic rings. The summed E-state index contributed by atoms with van der Waals surface area (Å²) in [5, 5.41) is 0. The van der Waals surface area contributed by atoms with Crippen LogP contribution < -0.4 is 0 Å². The highest BCUT2D eigenvalue weighted by Gasteiger charge is 2.49. The van der Waals surface area contributed by atoms with Gasteiger partial charge in [-0.15, -0.1) is 13.2 Å². The summed E-state index contributed by atoms with van der Waals surface area (Å²) in [5.41, 5.74) is -1.11. The summed E-state index contributed by atoms with van der Waals surface area (Å²) >= 11 is 0. The zero-order chi connectivity index (χ0) is 13.4. The fraction of sp³-hybridized carbons (Fsp3) is 0.583. The Morgan fingerprint density at radius 1 is 1.44 bits per heavy atom. The topological polar surface area (TPSA) is 35.5 Å². The molecule has 1 atom stereocenters. The molecule has 0 aliphatic heterocycles. The van der Waals surface area contributed by atoms with Gasteiger partial charge in [-0.2, -0.15) is 0 Å². The van der Waals surface area contributed by atoms with Crippen molar-refractivity contribution in [2.45, 2.75) is 31.2 Å². The van der Waals surface area contributed by atoms with Crippen LogP contribution in [0.2, 0.25) is 0 Å². The highest BCUT2D eigenvalue weighted by molar-refractivity contribution is 5.83. The first kappa shape index (κ1) is 13.1. The summed E-state index contributed by atoms with van der Waals surface area (Å²) in [4.78, 5) is 11.5. The van der Waals surface area contributed by atoms with Gasteiger partial charge in [0, 0.05) is 6.42 Å². The fourth-order valence-electron chi connectivity index (χ4n) is 2.00. The van der Waals surface area contributed by atoms with E-state index in [2.05, 4.69) is 9.47 Å². The molecule has 2 aliphatic carbocycles. The van der Waals surface area contributed by atoms with E-state index in [-0.39, 0.29) is 6.42 Å². The van der Waals surface area contributed by atoms with Crippen molar-refractivity contribution >= 4 is 5.97 Å². The lowest BCUT2D eigenvalue weighted by Gasteiger charge is -2.30. The predicted octanol–water partition coefficient (Wildman–Crippen LogP) is 2.73. The molecule has 2 rings (SSSR count). The van der Waals surface area contributed by atoms with Crippen molar-refractivity contribution in [1.29, 1.82) is 0 Å². The van der Waals surface area contributed by atoms with Crippen LogP contribution in [-0.4, -0.2) is 25.0 Å². The van der Waals surface area contributed by atoms with Crippen LogP contribution in [0.4, 0.5) is 13.2 Å². The minimum absolute atomic E-state index is 0.151. The lowest BCUT2D eigenvalue weighted by molar-refractivity contribution is -0.354. The van der Waals surface area contributed by atoms with Crippen LogP contribution >= 0.6 is 0 Å². The molecule has 0 N–H and O–H groups in total. The second kappa shape index (κ2) is 4.42. The van der Waals surface area contributed by atoms with Crippen LogP contribution in [0.25, 0.3) is 0 Å². The highest BCUT2D eigenvalue weighted by Crippen LogP contribution is 2.41. The summed E-state index contributed by atoms with van der Waals surface area (Å²) in [7, 11) is 1.04. The van der Waals surface area contributed by atoms with Crippen LogP contribution in [-0.2, 0) is 14.3 Å². The van der Waals surface area contributed by atoms with Crippen molar-refractivity contribution < 1.29 is 27.4 Å². The van der Waals surface area contributed by atoms with E-state index in [4.69, 9.17) is 0 Å². The molecular formula is C12H13F3O3. The van der Waals surface area contributed by atoms with Gasteiger partial charge >= 0.3 is 12.3 Å². The van der Waals surface area contributed by atoms with Crippen molar-refractivity contribution in [2.75, 3.05) is 7.11 Å². The number of hydrogen-bond donors (Lipinski definition) is 0. The molecule has 0 saturated heterocycles. The third-order valence-corrected chi connectivity index (χ3v) is 3.06. The molecule has 0 amide bonds. The lowest BCUT2D eigenvalue weighted by Crippen LogP contribution is -2.45. The zero-order valence-corrected chi connectivity index (χ0v) is 9.79. The van der Waals surface area contributed by atoms with Gasteiger partial charge in [-0.1, -0.05) is 12.2 Å². The second-order valence-electron chi connectivity index (χ2n) is 4.44. The molecule has 0 aromatic carbocycles. The van der Waals surface area contributed by atoms with Gasteiger partial charge in [0.2, 0.25) is 0 Å². The molecule has 0 bridgehead atoms. The first-order chi connectivity index (χ1) is 8.36. The Balaban J connectivity index is 2.18. The highest BCUT2D eigenvalue weighted by atomic mass is 19.4. The van der Waals surface area contributed by atoms with Crippen LogP contribution in [0.15, 0.2) is 23.8 Å². The Kier molecular flexibility index (Phi) is 3.23. The van der Waals surface area contributed by atoms with Gasteiger partial charge < -0.3 is 4.74 Å². The number of carbonyl (C=O) groups is 1. The van der Waals surface area contributed by atoms with Gasteiger partial charge in [-0.3, -0.25) is 4.74 Å². The number of rotatable bonds is 3. The van der Waals surface area contributed by atoms with Gasteiger partial charge in [-0.25, -0.2) is 4.79 Å². The molecule has 0 spiro atoms. The van der Waals surface area contributed by atoms with E-state index in [0.29, 0.717) is 5.92 Å². The molecule has 3 nitrogen and oxygen atoms in total. The van der Waals surface area contributed by atoms with Crippen molar-refractivity contribution in [3.8, 4) is 0 Å². The first-order valence-electron chi connectivity index (χ1n) is 5.61. The predicted molar refractivity (Wildman–Crippen MR) is 56.5 cm³/mol. The second-order valence-corrected chi connectivity index (χ2v) is 4.44. The molecule has 1 saturated carbocycles. The third-order valence-electron chi connectivity index (χ3n) is 3.06. The monoisotopic (exact) mass is 262 g/mol. The van der Waals surface area contributed by atoms with Gasteiger partial charge in [0.25, 0.3) is 0 Å². The third kappa shape index (κ3) is 2.75. The Bertz CT molecular complexity index is 407. The number of methoxy groups -OCH3 is 1. The van der Waals surface area contributed by atoms with Gasteiger partial charge in [0.05, 0.1) is 7.11 Å².